The maximum atomic E-state index is 13.4. The van der Waals surface area contributed by atoms with Crippen LogP contribution in [0.4, 0.5) is 5.82 Å². The van der Waals surface area contributed by atoms with Crippen LogP contribution in [-0.4, -0.2) is 70.5 Å². The van der Waals surface area contributed by atoms with Crippen LogP contribution in [0, 0.1) is 0 Å². The standard InChI is InChI=1S/C30H60N4O6Si3/c1-17-18-23(35)32-22-19-31-34(27(36)33-22)26-25(40-43(15,16)30(8,9)10)24(39-42(13,14)29(5,6)7)21(38-26)20-37-41(11,12)28(2,3)4/h19,21,24-26H,17-18,20H2,1-16H3,(H,32,33,35,36)/t21-,24-,25-,26-/m1/s1. The van der Waals surface area contributed by atoms with Crippen LogP contribution >= 0.6 is 0 Å². The average Bonchev–Trinajstić information content (AvgIpc) is 3.11. The Morgan fingerprint density at radius 3 is 1.81 bits per heavy atom. The molecule has 1 aromatic heterocycles. The Morgan fingerprint density at radius 1 is 0.884 bits per heavy atom. The molecule has 2 rings (SSSR count). The molecule has 0 unspecified atom stereocenters. The lowest BCUT2D eigenvalue weighted by molar-refractivity contribution is -0.116. The number of nitrogens with zero attached hydrogens (tertiary/aromatic N) is 3. The molecule has 0 bridgehead atoms. The van der Waals surface area contributed by atoms with Gasteiger partial charge in [-0.25, -0.2) is 4.79 Å². The molecule has 1 saturated heterocycles. The summed E-state index contributed by atoms with van der Waals surface area (Å²) < 4.78 is 28.8. The minimum absolute atomic E-state index is 0.0122. The summed E-state index contributed by atoms with van der Waals surface area (Å²) in [6.07, 6.45) is -0.0466. The monoisotopic (exact) mass is 656 g/mol. The predicted octanol–water partition coefficient (Wildman–Crippen LogP) is 7.08. The Bertz CT molecular complexity index is 1170. The number of anilines is 1. The second-order valence-corrected chi connectivity index (χ2v) is 30.8. The quantitative estimate of drug-likeness (QED) is 0.252. The molecule has 0 saturated carbocycles. The molecule has 10 nitrogen and oxygen atoms in total. The first-order valence-corrected chi connectivity index (χ1v) is 24.4. The van der Waals surface area contributed by atoms with Crippen molar-refractivity contribution in [1.82, 2.24) is 14.8 Å². The highest BCUT2D eigenvalue weighted by atomic mass is 28.4. The number of aromatic nitrogens is 3. The molecule has 248 valence electrons. The third-order valence-electron chi connectivity index (χ3n) is 9.88. The Morgan fingerprint density at radius 2 is 1.37 bits per heavy atom. The Labute approximate surface area is 263 Å². The minimum atomic E-state index is -2.38. The summed E-state index contributed by atoms with van der Waals surface area (Å²) in [4.78, 5) is 29.7. The van der Waals surface area contributed by atoms with E-state index in [2.05, 4.69) is 117 Å². The van der Waals surface area contributed by atoms with E-state index in [9.17, 15) is 9.59 Å². The van der Waals surface area contributed by atoms with E-state index in [0.717, 1.165) is 0 Å². The van der Waals surface area contributed by atoms with Crippen molar-refractivity contribution >= 4 is 36.7 Å². The molecule has 1 amide bonds. The van der Waals surface area contributed by atoms with Crippen molar-refractivity contribution in [3.05, 3.63) is 16.7 Å². The summed E-state index contributed by atoms with van der Waals surface area (Å²) in [7, 11) is -6.84. The molecule has 0 aromatic carbocycles. The van der Waals surface area contributed by atoms with E-state index in [1.807, 2.05) is 6.92 Å². The molecule has 0 radical (unpaired) electrons. The van der Waals surface area contributed by atoms with Crippen LogP contribution in [0.1, 0.15) is 88.3 Å². The summed E-state index contributed by atoms with van der Waals surface area (Å²) in [5.74, 6) is -0.0951. The largest absolute Gasteiger partial charge is 0.414 e. The van der Waals surface area contributed by atoms with E-state index >= 15 is 0 Å². The first kappa shape index (κ1) is 38.0. The molecular formula is C30H60N4O6Si3. The van der Waals surface area contributed by atoms with Crippen LogP contribution in [0.25, 0.3) is 0 Å². The summed E-state index contributed by atoms with van der Waals surface area (Å²) in [5.41, 5.74) is -0.625. The van der Waals surface area contributed by atoms with Crippen molar-refractivity contribution < 1.29 is 22.8 Å². The van der Waals surface area contributed by atoms with Gasteiger partial charge in [0.05, 0.1) is 12.8 Å². The zero-order chi connectivity index (χ0) is 33.4. The van der Waals surface area contributed by atoms with Crippen molar-refractivity contribution in [2.75, 3.05) is 11.9 Å². The number of carbonyl (C=O) groups excluding carboxylic acids is 1. The van der Waals surface area contributed by atoms with Gasteiger partial charge in [-0.3, -0.25) is 4.79 Å². The van der Waals surface area contributed by atoms with Gasteiger partial charge in [-0.15, -0.1) is 0 Å². The molecular weight excluding hydrogens is 597 g/mol. The number of amides is 1. The highest BCUT2D eigenvalue weighted by Crippen LogP contribution is 2.46. The summed E-state index contributed by atoms with van der Waals surface area (Å²) in [5, 5.41) is 6.95. The van der Waals surface area contributed by atoms with Crippen molar-refractivity contribution in [3.8, 4) is 0 Å². The number of carbonyl (C=O) groups is 1. The lowest BCUT2D eigenvalue weighted by Gasteiger charge is -2.44. The van der Waals surface area contributed by atoms with Gasteiger partial charge in [0.25, 0.3) is 0 Å². The molecule has 1 aliphatic heterocycles. The molecule has 2 heterocycles. The van der Waals surface area contributed by atoms with Crippen molar-refractivity contribution in [2.24, 2.45) is 0 Å². The van der Waals surface area contributed by atoms with Gasteiger partial charge in [-0.1, -0.05) is 69.2 Å². The zero-order valence-electron chi connectivity index (χ0n) is 29.8. The molecule has 1 fully saturated rings. The summed E-state index contributed by atoms with van der Waals surface area (Å²) in [6.45, 7) is 35.3. The van der Waals surface area contributed by atoms with Gasteiger partial charge in [-0.05, 0) is 60.8 Å². The number of ether oxygens (including phenoxy) is 1. The van der Waals surface area contributed by atoms with Gasteiger partial charge in [-0.2, -0.15) is 14.8 Å². The molecule has 0 aliphatic carbocycles. The molecule has 43 heavy (non-hydrogen) atoms. The highest BCUT2D eigenvalue weighted by molar-refractivity contribution is 6.75. The van der Waals surface area contributed by atoms with Gasteiger partial charge in [0, 0.05) is 6.42 Å². The molecule has 13 heteroatoms. The number of hydrogen-bond donors (Lipinski definition) is 1. The van der Waals surface area contributed by atoms with E-state index < -0.39 is 55.2 Å². The SMILES string of the molecule is CCCC(=O)Nc1cnn([C@@H]2O[C@H](CO[Si](C)(C)C(C)(C)C)[C@@H](O[Si](C)(C)C(C)(C)C)[C@H]2O[Si](C)(C)C(C)(C)C)c(=O)n1. The molecule has 1 N–H and O–H groups in total. The van der Waals surface area contributed by atoms with Crippen LogP contribution in [0.15, 0.2) is 11.0 Å². The molecule has 4 atom stereocenters. The first-order chi connectivity index (χ1) is 19.2. The fraction of sp³-hybridized carbons (Fsp3) is 0.867. The highest BCUT2D eigenvalue weighted by Gasteiger charge is 2.55. The van der Waals surface area contributed by atoms with E-state index in [4.69, 9.17) is 18.0 Å². The number of nitrogens with one attached hydrogen (secondary N) is 1. The summed E-state index contributed by atoms with van der Waals surface area (Å²) in [6, 6.07) is 0. The van der Waals surface area contributed by atoms with Gasteiger partial charge in [0.15, 0.2) is 37.0 Å². The lowest BCUT2D eigenvalue weighted by atomic mass is 10.1. The van der Waals surface area contributed by atoms with E-state index in [-0.39, 0.29) is 26.8 Å². The normalized spacial score (nSPS) is 22.6. The summed E-state index contributed by atoms with van der Waals surface area (Å²) >= 11 is 0. The van der Waals surface area contributed by atoms with E-state index in [1.165, 1.54) is 10.9 Å². The minimum Gasteiger partial charge on any atom is -0.414 e. The second kappa shape index (κ2) is 13.2. The number of rotatable bonds is 11. The predicted molar refractivity (Wildman–Crippen MR) is 181 cm³/mol. The van der Waals surface area contributed by atoms with Crippen molar-refractivity contribution in [3.63, 3.8) is 0 Å². The van der Waals surface area contributed by atoms with E-state index in [1.54, 1.807) is 0 Å². The maximum absolute atomic E-state index is 13.4. The molecule has 0 spiro atoms. The Balaban J connectivity index is 2.65. The van der Waals surface area contributed by atoms with Crippen LogP contribution in [-0.2, 0) is 22.8 Å². The fourth-order valence-electron chi connectivity index (χ4n) is 3.86. The van der Waals surface area contributed by atoms with Crippen LogP contribution < -0.4 is 11.0 Å². The Hall–Kier alpha value is -1.23. The van der Waals surface area contributed by atoms with Crippen LogP contribution in [0.5, 0.6) is 0 Å². The van der Waals surface area contributed by atoms with E-state index in [0.29, 0.717) is 19.4 Å². The van der Waals surface area contributed by atoms with Crippen molar-refractivity contribution in [2.45, 2.75) is 161 Å². The maximum Gasteiger partial charge on any atom is 0.368 e. The molecule has 1 aromatic rings. The van der Waals surface area contributed by atoms with Crippen molar-refractivity contribution in [1.29, 1.82) is 0 Å². The van der Waals surface area contributed by atoms with Gasteiger partial charge >= 0.3 is 5.69 Å². The number of hydrogen-bond acceptors (Lipinski definition) is 8. The first-order valence-electron chi connectivity index (χ1n) is 15.6. The second-order valence-electron chi connectivity index (χ2n) is 16.5. The van der Waals surface area contributed by atoms with Gasteiger partial charge in [0.2, 0.25) is 5.91 Å². The fourth-order valence-corrected chi connectivity index (χ4v) is 7.48. The Kier molecular flexibility index (Phi) is 11.7. The van der Waals surface area contributed by atoms with Gasteiger partial charge < -0.3 is 23.3 Å². The smallest absolute Gasteiger partial charge is 0.368 e. The van der Waals surface area contributed by atoms with Gasteiger partial charge in [0.1, 0.15) is 18.3 Å². The third kappa shape index (κ3) is 9.17. The lowest BCUT2D eigenvalue weighted by Crippen LogP contribution is -2.55. The zero-order valence-corrected chi connectivity index (χ0v) is 32.8. The van der Waals surface area contributed by atoms with Crippen LogP contribution in [0.3, 0.4) is 0 Å². The van der Waals surface area contributed by atoms with Crippen LogP contribution in [0.2, 0.25) is 54.4 Å². The topological polar surface area (TPSA) is 114 Å². The molecule has 1 aliphatic rings. The third-order valence-corrected chi connectivity index (χ3v) is 23.3. The average molecular weight is 657 g/mol.